The van der Waals surface area contributed by atoms with E-state index in [1.807, 2.05) is 6.92 Å². The van der Waals surface area contributed by atoms with Gasteiger partial charge in [-0.15, -0.1) is 6.58 Å². The van der Waals surface area contributed by atoms with E-state index in [1.165, 1.54) is 17.7 Å². The number of aromatic hydroxyl groups is 1. The fourth-order valence-electron chi connectivity index (χ4n) is 0.654. The molecule has 2 N–H and O–H groups in total. The second-order valence-corrected chi connectivity index (χ2v) is 3.13. The third-order valence-electron chi connectivity index (χ3n) is 1.74. The Kier molecular flexibility index (Phi) is 5.86. The maximum absolute atomic E-state index is 10.3. The predicted octanol–water partition coefficient (Wildman–Crippen LogP) is 3.06. The molecule has 0 saturated carbocycles. The molecule has 3 heteroatoms. The smallest absolute Gasteiger partial charge is 0.339 e. The van der Waals surface area contributed by atoms with Crippen LogP contribution in [-0.4, -0.2) is 16.2 Å². The van der Waals surface area contributed by atoms with Crippen molar-refractivity contribution in [1.29, 1.82) is 0 Å². The highest BCUT2D eigenvalue weighted by molar-refractivity contribution is 5.90. The van der Waals surface area contributed by atoms with E-state index in [1.54, 1.807) is 12.1 Å². The van der Waals surface area contributed by atoms with Crippen molar-refractivity contribution in [3.05, 3.63) is 42.0 Å². The van der Waals surface area contributed by atoms with Crippen LogP contribution in [0.5, 0.6) is 5.75 Å². The zero-order valence-corrected chi connectivity index (χ0v) is 9.03. The van der Waals surface area contributed by atoms with Gasteiger partial charge in [-0.1, -0.05) is 24.6 Å². The van der Waals surface area contributed by atoms with Gasteiger partial charge in [-0.3, -0.25) is 0 Å². The molecular formula is C12H16O3. The number of carbonyl (C=O) groups is 1. The number of hydrogen-bond acceptors (Lipinski definition) is 2. The fraction of sp³-hybridized carbons (Fsp3) is 0.250. The molecule has 0 atom stereocenters. The van der Waals surface area contributed by atoms with Crippen LogP contribution in [0, 0.1) is 0 Å². The first-order chi connectivity index (χ1) is 6.99. The molecule has 0 bridgehead atoms. The van der Waals surface area contributed by atoms with Crippen molar-refractivity contribution in [2.45, 2.75) is 20.3 Å². The zero-order chi connectivity index (χ0) is 11.8. The van der Waals surface area contributed by atoms with E-state index in [9.17, 15) is 4.79 Å². The van der Waals surface area contributed by atoms with Crippen molar-refractivity contribution in [2.75, 3.05) is 0 Å². The van der Waals surface area contributed by atoms with Crippen LogP contribution in [-0.2, 0) is 0 Å². The molecule has 0 amide bonds. The standard InChI is InChI=1S/C7H6O3.C5H10/c8-6-4-2-1-3-5(6)7(9)10;1-4-5(2)3/h1-4,8H,(H,9,10);2,4H2,1,3H3. The lowest BCUT2D eigenvalue weighted by Crippen LogP contribution is -1.95. The minimum Gasteiger partial charge on any atom is -0.507 e. The van der Waals surface area contributed by atoms with Gasteiger partial charge in [0.25, 0.3) is 0 Å². The summed E-state index contributed by atoms with van der Waals surface area (Å²) in [5, 5.41) is 17.3. The van der Waals surface area contributed by atoms with Gasteiger partial charge in [-0.05, 0) is 25.5 Å². The van der Waals surface area contributed by atoms with E-state index < -0.39 is 5.97 Å². The number of para-hydroxylation sites is 1. The lowest BCUT2D eigenvalue weighted by Gasteiger charge is -1.95. The van der Waals surface area contributed by atoms with Crippen molar-refractivity contribution < 1.29 is 15.0 Å². The summed E-state index contributed by atoms with van der Waals surface area (Å²) in [6, 6.07) is 5.81. The molecule has 1 aromatic carbocycles. The highest BCUT2D eigenvalue weighted by Gasteiger charge is 2.05. The molecular weight excluding hydrogens is 192 g/mol. The van der Waals surface area contributed by atoms with E-state index in [0.717, 1.165) is 6.42 Å². The van der Waals surface area contributed by atoms with E-state index in [0.29, 0.717) is 0 Å². The normalized spacial score (nSPS) is 8.67. The fourth-order valence-corrected chi connectivity index (χ4v) is 0.654. The second kappa shape index (κ2) is 6.65. The van der Waals surface area contributed by atoms with Crippen LogP contribution in [0.2, 0.25) is 0 Å². The zero-order valence-electron chi connectivity index (χ0n) is 9.03. The summed E-state index contributed by atoms with van der Waals surface area (Å²) in [7, 11) is 0. The SMILES string of the molecule is C=C(C)CC.O=C(O)c1ccccc1O. The Morgan fingerprint density at radius 2 is 1.87 bits per heavy atom. The van der Waals surface area contributed by atoms with Gasteiger partial charge in [0.15, 0.2) is 0 Å². The third-order valence-corrected chi connectivity index (χ3v) is 1.74. The lowest BCUT2D eigenvalue weighted by atomic mass is 10.2. The number of carboxylic acids is 1. The molecule has 3 nitrogen and oxygen atoms in total. The minimum atomic E-state index is -1.11. The van der Waals surface area contributed by atoms with Crippen LogP contribution < -0.4 is 0 Å². The van der Waals surface area contributed by atoms with Gasteiger partial charge >= 0.3 is 5.97 Å². The molecule has 0 saturated heterocycles. The Morgan fingerprint density at radius 3 is 2.13 bits per heavy atom. The summed E-state index contributed by atoms with van der Waals surface area (Å²) in [5.41, 5.74) is 1.19. The van der Waals surface area contributed by atoms with Crippen molar-refractivity contribution in [2.24, 2.45) is 0 Å². The van der Waals surface area contributed by atoms with Crippen LogP contribution in [0.4, 0.5) is 0 Å². The first-order valence-corrected chi connectivity index (χ1v) is 4.64. The molecule has 15 heavy (non-hydrogen) atoms. The topological polar surface area (TPSA) is 57.5 Å². The Morgan fingerprint density at radius 1 is 1.40 bits per heavy atom. The quantitative estimate of drug-likeness (QED) is 0.734. The largest absolute Gasteiger partial charge is 0.507 e. The monoisotopic (exact) mass is 208 g/mol. The van der Waals surface area contributed by atoms with Crippen LogP contribution in [0.15, 0.2) is 36.4 Å². The Hall–Kier alpha value is -1.77. The molecule has 1 rings (SSSR count). The average molecular weight is 208 g/mol. The van der Waals surface area contributed by atoms with E-state index in [-0.39, 0.29) is 11.3 Å². The van der Waals surface area contributed by atoms with E-state index in [2.05, 4.69) is 13.5 Å². The number of hydrogen-bond donors (Lipinski definition) is 2. The number of carboxylic acid groups (broad SMARTS) is 1. The number of benzene rings is 1. The molecule has 0 fully saturated rings. The Labute approximate surface area is 89.7 Å². The maximum Gasteiger partial charge on any atom is 0.339 e. The van der Waals surface area contributed by atoms with Crippen LogP contribution in [0.3, 0.4) is 0 Å². The lowest BCUT2D eigenvalue weighted by molar-refractivity contribution is 0.0694. The van der Waals surface area contributed by atoms with Gasteiger partial charge in [0, 0.05) is 0 Å². The first kappa shape index (κ1) is 13.2. The average Bonchev–Trinajstić information content (AvgIpc) is 2.19. The molecule has 0 heterocycles. The highest BCUT2D eigenvalue weighted by Crippen LogP contribution is 2.14. The second-order valence-electron chi connectivity index (χ2n) is 3.13. The van der Waals surface area contributed by atoms with Gasteiger partial charge in [0.05, 0.1) is 0 Å². The highest BCUT2D eigenvalue weighted by atomic mass is 16.4. The summed E-state index contributed by atoms with van der Waals surface area (Å²) in [6.07, 6.45) is 1.11. The summed E-state index contributed by atoms with van der Waals surface area (Å²) in [6.45, 7) is 7.80. The molecule has 0 radical (unpaired) electrons. The van der Waals surface area contributed by atoms with Crippen LogP contribution in [0.1, 0.15) is 30.6 Å². The summed E-state index contributed by atoms with van der Waals surface area (Å²) >= 11 is 0. The maximum atomic E-state index is 10.3. The van der Waals surface area contributed by atoms with Crippen LogP contribution >= 0.6 is 0 Å². The van der Waals surface area contributed by atoms with Crippen molar-refractivity contribution in [3.63, 3.8) is 0 Å². The van der Waals surface area contributed by atoms with Gasteiger partial charge in [0.1, 0.15) is 11.3 Å². The molecule has 1 aromatic rings. The molecule has 0 aliphatic heterocycles. The van der Waals surface area contributed by atoms with Crippen molar-refractivity contribution in [3.8, 4) is 5.75 Å². The number of allylic oxidation sites excluding steroid dienone is 1. The molecule has 0 unspecified atom stereocenters. The molecule has 0 aliphatic rings. The summed E-state index contributed by atoms with van der Waals surface area (Å²) in [4.78, 5) is 10.3. The van der Waals surface area contributed by atoms with E-state index >= 15 is 0 Å². The van der Waals surface area contributed by atoms with Crippen molar-refractivity contribution >= 4 is 5.97 Å². The number of rotatable bonds is 2. The van der Waals surface area contributed by atoms with Gasteiger partial charge in [-0.2, -0.15) is 0 Å². The van der Waals surface area contributed by atoms with Gasteiger partial charge in [-0.25, -0.2) is 4.79 Å². The molecule has 0 spiro atoms. The third kappa shape index (κ3) is 5.52. The molecule has 82 valence electrons. The molecule has 0 aliphatic carbocycles. The predicted molar refractivity (Wildman–Crippen MR) is 60.2 cm³/mol. The Bertz CT molecular complexity index is 342. The van der Waals surface area contributed by atoms with E-state index in [4.69, 9.17) is 10.2 Å². The van der Waals surface area contributed by atoms with Gasteiger partial charge < -0.3 is 10.2 Å². The Balaban J connectivity index is 0.000000336. The molecule has 0 aromatic heterocycles. The first-order valence-electron chi connectivity index (χ1n) is 4.64. The minimum absolute atomic E-state index is 0.0671. The summed E-state index contributed by atoms with van der Waals surface area (Å²) in [5.74, 6) is -1.31. The number of phenols is 1. The van der Waals surface area contributed by atoms with Gasteiger partial charge in [0.2, 0.25) is 0 Å². The summed E-state index contributed by atoms with van der Waals surface area (Å²) < 4.78 is 0. The van der Waals surface area contributed by atoms with Crippen LogP contribution in [0.25, 0.3) is 0 Å². The number of aromatic carboxylic acids is 1. The van der Waals surface area contributed by atoms with Crippen molar-refractivity contribution in [1.82, 2.24) is 0 Å².